The molecule has 6 heteroatoms. The summed E-state index contributed by atoms with van der Waals surface area (Å²) in [6.07, 6.45) is 1.22. The average molecular weight is 292 g/mol. The van der Waals surface area contributed by atoms with E-state index in [1.54, 1.807) is 6.07 Å². The molecule has 3 rings (SSSR count). The van der Waals surface area contributed by atoms with Gasteiger partial charge in [-0.3, -0.25) is 4.79 Å². The number of benzene rings is 1. The van der Waals surface area contributed by atoms with Gasteiger partial charge in [0, 0.05) is 12.5 Å². The van der Waals surface area contributed by atoms with Crippen LogP contribution >= 0.6 is 0 Å². The van der Waals surface area contributed by atoms with E-state index in [-0.39, 0.29) is 23.8 Å². The molecule has 3 atom stereocenters. The van der Waals surface area contributed by atoms with Gasteiger partial charge in [0.1, 0.15) is 11.9 Å². The molecule has 0 aromatic heterocycles. The molecular formula is C15H17FN2O3. The van der Waals surface area contributed by atoms with E-state index in [4.69, 9.17) is 4.74 Å². The van der Waals surface area contributed by atoms with Gasteiger partial charge in [0.15, 0.2) is 0 Å². The molecular weight excluding hydrogens is 275 g/mol. The third-order valence-electron chi connectivity index (χ3n) is 4.09. The fraction of sp³-hybridized carbons (Fsp3) is 0.467. The van der Waals surface area contributed by atoms with Crippen LogP contribution in [0.15, 0.2) is 18.2 Å². The van der Waals surface area contributed by atoms with Crippen LogP contribution in [0.25, 0.3) is 0 Å². The molecule has 0 unspecified atom stereocenters. The summed E-state index contributed by atoms with van der Waals surface area (Å²) in [5.41, 5.74) is 0.867. The average Bonchev–Trinajstić information content (AvgIpc) is 2.72. The SMILES string of the molecule is CCc1ccc(C(=O)N[C@@H]2C[C@@H]3C[C@H]2OC(=O)N3)c(F)c1. The summed E-state index contributed by atoms with van der Waals surface area (Å²) in [4.78, 5) is 23.4. The second-order valence-electron chi connectivity index (χ2n) is 5.50. The van der Waals surface area contributed by atoms with Crippen LogP contribution in [0, 0.1) is 5.82 Å². The number of carbonyl (C=O) groups is 2. The lowest BCUT2D eigenvalue weighted by Gasteiger charge is -2.23. The van der Waals surface area contributed by atoms with Gasteiger partial charge >= 0.3 is 6.09 Å². The van der Waals surface area contributed by atoms with E-state index in [9.17, 15) is 14.0 Å². The standard InChI is InChI=1S/C15H17FN2O3/c1-2-8-3-4-10(11(16)5-8)14(19)18-12-6-9-7-13(12)21-15(20)17-9/h3-5,9,12-13H,2,6-7H2,1H3,(H,17,20)(H,18,19)/t9-,12-,13-/m1/s1. The van der Waals surface area contributed by atoms with Gasteiger partial charge in [-0.05, 0) is 30.5 Å². The van der Waals surface area contributed by atoms with Crippen LogP contribution in [-0.4, -0.2) is 30.2 Å². The van der Waals surface area contributed by atoms with E-state index in [1.165, 1.54) is 12.1 Å². The van der Waals surface area contributed by atoms with Gasteiger partial charge in [0.05, 0.1) is 11.6 Å². The maximum Gasteiger partial charge on any atom is 0.407 e. The number of alkyl carbamates (subject to hydrolysis) is 1. The fourth-order valence-electron chi connectivity index (χ4n) is 2.95. The summed E-state index contributed by atoms with van der Waals surface area (Å²) in [6.45, 7) is 1.93. The van der Waals surface area contributed by atoms with Gasteiger partial charge in [-0.1, -0.05) is 13.0 Å². The minimum absolute atomic E-state index is 0.0212. The van der Waals surface area contributed by atoms with Crippen LogP contribution in [0.3, 0.4) is 0 Å². The number of aryl methyl sites for hydroxylation is 1. The molecule has 1 saturated carbocycles. The molecule has 5 nitrogen and oxygen atoms in total. The Bertz CT molecular complexity index is 590. The summed E-state index contributed by atoms with van der Waals surface area (Å²) in [7, 11) is 0. The number of nitrogens with one attached hydrogen (secondary N) is 2. The van der Waals surface area contributed by atoms with E-state index >= 15 is 0 Å². The molecule has 0 spiro atoms. The molecule has 112 valence electrons. The quantitative estimate of drug-likeness (QED) is 0.892. The zero-order valence-corrected chi connectivity index (χ0v) is 11.7. The van der Waals surface area contributed by atoms with Crippen LogP contribution in [0.4, 0.5) is 9.18 Å². The van der Waals surface area contributed by atoms with Crippen molar-refractivity contribution in [2.45, 2.75) is 44.4 Å². The molecule has 2 fully saturated rings. The van der Waals surface area contributed by atoms with Gasteiger partial charge < -0.3 is 15.4 Å². The predicted octanol–water partition coefficient (Wildman–Crippen LogP) is 1.76. The van der Waals surface area contributed by atoms with Gasteiger partial charge in [0.25, 0.3) is 5.91 Å². The number of hydrogen-bond acceptors (Lipinski definition) is 3. The first kappa shape index (κ1) is 13.9. The van der Waals surface area contributed by atoms with Crippen molar-refractivity contribution in [3.8, 4) is 0 Å². The molecule has 0 radical (unpaired) electrons. The lowest BCUT2D eigenvalue weighted by Crippen LogP contribution is -2.44. The Kier molecular flexibility index (Phi) is 3.53. The van der Waals surface area contributed by atoms with Crippen molar-refractivity contribution in [2.75, 3.05) is 0 Å². The number of carbonyl (C=O) groups excluding carboxylic acids is 2. The molecule has 2 bridgehead atoms. The van der Waals surface area contributed by atoms with E-state index in [0.717, 1.165) is 5.56 Å². The normalized spacial score (nSPS) is 27.0. The maximum absolute atomic E-state index is 13.9. The van der Waals surface area contributed by atoms with Crippen molar-refractivity contribution in [1.82, 2.24) is 10.6 Å². The second kappa shape index (κ2) is 5.35. The lowest BCUT2D eigenvalue weighted by atomic mass is 10.1. The Balaban J connectivity index is 1.71. The molecule has 2 amide bonds. The fourth-order valence-corrected chi connectivity index (χ4v) is 2.95. The Morgan fingerprint density at radius 2 is 2.29 bits per heavy atom. The van der Waals surface area contributed by atoms with E-state index in [0.29, 0.717) is 19.3 Å². The van der Waals surface area contributed by atoms with Crippen molar-refractivity contribution in [2.24, 2.45) is 0 Å². The second-order valence-corrected chi connectivity index (χ2v) is 5.50. The zero-order chi connectivity index (χ0) is 15.0. The van der Waals surface area contributed by atoms with Crippen molar-refractivity contribution >= 4 is 12.0 Å². The molecule has 2 aliphatic rings. The zero-order valence-electron chi connectivity index (χ0n) is 11.7. The van der Waals surface area contributed by atoms with Crippen LogP contribution in [0.2, 0.25) is 0 Å². The summed E-state index contributed by atoms with van der Waals surface area (Å²) in [5, 5.41) is 5.46. The predicted molar refractivity (Wildman–Crippen MR) is 73.5 cm³/mol. The van der Waals surface area contributed by atoms with Gasteiger partial charge in [-0.25, -0.2) is 9.18 Å². The number of hydrogen-bond donors (Lipinski definition) is 2. The van der Waals surface area contributed by atoms with Crippen LogP contribution in [0.5, 0.6) is 0 Å². The highest BCUT2D eigenvalue weighted by Crippen LogP contribution is 2.27. The third kappa shape index (κ3) is 2.70. The summed E-state index contributed by atoms with van der Waals surface area (Å²) >= 11 is 0. The number of fused-ring (bicyclic) bond motifs is 2. The molecule has 1 saturated heterocycles. The smallest absolute Gasteiger partial charge is 0.407 e. The Hall–Kier alpha value is -2.11. The third-order valence-corrected chi connectivity index (χ3v) is 4.09. The molecule has 2 N–H and O–H groups in total. The van der Waals surface area contributed by atoms with Crippen molar-refractivity contribution < 1.29 is 18.7 Å². The summed E-state index contributed by atoms with van der Waals surface area (Å²) < 4.78 is 19.1. The largest absolute Gasteiger partial charge is 0.444 e. The summed E-state index contributed by atoms with van der Waals surface area (Å²) in [5.74, 6) is -0.994. The number of ether oxygens (including phenoxy) is 1. The van der Waals surface area contributed by atoms with Crippen molar-refractivity contribution in [3.05, 3.63) is 35.1 Å². The Labute approximate surface area is 121 Å². The Morgan fingerprint density at radius 3 is 3.00 bits per heavy atom. The monoisotopic (exact) mass is 292 g/mol. The first-order valence-electron chi connectivity index (χ1n) is 7.13. The number of amides is 2. The van der Waals surface area contributed by atoms with Crippen LogP contribution in [-0.2, 0) is 11.2 Å². The highest BCUT2D eigenvalue weighted by Gasteiger charge is 2.42. The van der Waals surface area contributed by atoms with Gasteiger partial charge in [-0.15, -0.1) is 0 Å². The Morgan fingerprint density at radius 1 is 1.48 bits per heavy atom. The number of halogens is 1. The van der Waals surface area contributed by atoms with Crippen molar-refractivity contribution in [1.29, 1.82) is 0 Å². The van der Waals surface area contributed by atoms with Crippen LogP contribution in [0.1, 0.15) is 35.7 Å². The topological polar surface area (TPSA) is 67.4 Å². The minimum Gasteiger partial charge on any atom is -0.444 e. The molecule has 1 heterocycles. The van der Waals surface area contributed by atoms with E-state index in [2.05, 4.69) is 10.6 Å². The number of rotatable bonds is 3. The molecule has 1 aliphatic carbocycles. The van der Waals surface area contributed by atoms with E-state index < -0.39 is 17.8 Å². The van der Waals surface area contributed by atoms with Crippen molar-refractivity contribution in [3.63, 3.8) is 0 Å². The summed E-state index contributed by atoms with van der Waals surface area (Å²) in [6, 6.07) is 4.37. The highest BCUT2D eigenvalue weighted by atomic mass is 19.1. The molecule has 1 aromatic rings. The van der Waals surface area contributed by atoms with Gasteiger partial charge in [0.2, 0.25) is 0 Å². The first-order valence-corrected chi connectivity index (χ1v) is 7.13. The highest BCUT2D eigenvalue weighted by molar-refractivity contribution is 5.94. The molecule has 21 heavy (non-hydrogen) atoms. The first-order chi connectivity index (χ1) is 10.1. The molecule has 1 aromatic carbocycles. The van der Waals surface area contributed by atoms with E-state index in [1.807, 2.05) is 6.92 Å². The van der Waals surface area contributed by atoms with Gasteiger partial charge in [-0.2, -0.15) is 0 Å². The molecule has 1 aliphatic heterocycles. The maximum atomic E-state index is 13.9. The van der Waals surface area contributed by atoms with Crippen LogP contribution < -0.4 is 10.6 Å². The minimum atomic E-state index is -0.525. The lowest BCUT2D eigenvalue weighted by molar-refractivity contribution is 0.0658.